The van der Waals surface area contributed by atoms with Crippen molar-refractivity contribution in [3.05, 3.63) is 65.4 Å². The first kappa shape index (κ1) is 20.7. The van der Waals surface area contributed by atoms with Crippen LogP contribution in [0.5, 0.6) is 5.75 Å². The summed E-state index contributed by atoms with van der Waals surface area (Å²) in [6.45, 7) is 3.24. The first-order valence-electron chi connectivity index (χ1n) is 8.53. The summed E-state index contributed by atoms with van der Waals surface area (Å²) in [6, 6.07) is 14.0. The molecule has 10 heteroatoms. The molecule has 1 amide bonds. The largest absolute Gasteiger partial charge is 0.479 e. The molecule has 0 spiro atoms. The van der Waals surface area contributed by atoms with Crippen LogP contribution < -0.4 is 14.8 Å². The normalized spacial score (nSPS) is 12.2. The van der Waals surface area contributed by atoms with Gasteiger partial charge in [-0.1, -0.05) is 28.9 Å². The predicted octanol–water partition coefficient (Wildman–Crippen LogP) is 3.84. The average Bonchev–Trinajstić information content (AvgIpc) is 3.08. The van der Waals surface area contributed by atoms with E-state index in [0.29, 0.717) is 22.2 Å². The van der Waals surface area contributed by atoms with Gasteiger partial charge in [0.1, 0.15) is 11.5 Å². The smallest absolute Gasteiger partial charge is 0.265 e. The highest BCUT2D eigenvalue weighted by atomic mass is 35.5. The van der Waals surface area contributed by atoms with Crippen molar-refractivity contribution in [2.24, 2.45) is 0 Å². The Morgan fingerprint density at radius 3 is 2.48 bits per heavy atom. The van der Waals surface area contributed by atoms with Gasteiger partial charge in [-0.15, -0.1) is 0 Å². The number of ether oxygens (including phenoxy) is 1. The van der Waals surface area contributed by atoms with Gasteiger partial charge in [0.25, 0.3) is 15.9 Å². The fourth-order valence-electron chi connectivity index (χ4n) is 2.36. The molecule has 0 aliphatic heterocycles. The molecule has 3 rings (SSSR count). The van der Waals surface area contributed by atoms with Gasteiger partial charge in [-0.2, -0.15) is 0 Å². The first-order chi connectivity index (χ1) is 13.7. The molecule has 3 aromatic rings. The molecule has 1 heterocycles. The summed E-state index contributed by atoms with van der Waals surface area (Å²) in [4.78, 5) is 12.3. The maximum Gasteiger partial charge on any atom is 0.265 e. The van der Waals surface area contributed by atoms with Crippen LogP contribution in [0.25, 0.3) is 0 Å². The second kappa shape index (κ2) is 8.54. The molecule has 0 bridgehead atoms. The summed E-state index contributed by atoms with van der Waals surface area (Å²) in [6.07, 6.45) is -0.810. The van der Waals surface area contributed by atoms with Gasteiger partial charge in [-0.3, -0.25) is 9.52 Å². The number of hydrogen-bond acceptors (Lipinski definition) is 6. The number of amides is 1. The Balaban J connectivity index is 1.63. The highest BCUT2D eigenvalue weighted by molar-refractivity contribution is 7.92. The van der Waals surface area contributed by atoms with E-state index >= 15 is 0 Å². The summed E-state index contributed by atoms with van der Waals surface area (Å²) in [5.74, 6) is 0.559. The molecule has 29 heavy (non-hydrogen) atoms. The summed E-state index contributed by atoms with van der Waals surface area (Å²) >= 11 is 6.02. The van der Waals surface area contributed by atoms with Gasteiger partial charge in [0.05, 0.1) is 9.92 Å². The van der Waals surface area contributed by atoms with E-state index in [1.807, 2.05) is 0 Å². The van der Waals surface area contributed by atoms with Gasteiger partial charge in [-0.05, 0) is 50.2 Å². The third kappa shape index (κ3) is 5.27. The van der Waals surface area contributed by atoms with Crippen molar-refractivity contribution in [2.45, 2.75) is 24.8 Å². The zero-order chi connectivity index (χ0) is 21.0. The van der Waals surface area contributed by atoms with E-state index in [4.69, 9.17) is 20.9 Å². The van der Waals surface area contributed by atoms with Crippen LogP contribution in [0.2, 0.25) is 5.02 Å². The third-order valence-corrected chi connectivity index (χ3v) is 5.49. The molecule has 1 aromatic heterocycles. The number of nitrogens with one attached hydrogen (secondary N) is 2. The van der Waals surface area contributed by atoms with E-state index in [-0.39, 0.29) is 10.7 Å². The number of aromatic nitrogens is 1. The van der Waals surface area contributed by atoms with E-state index in [1.54, 1.807) is 38.1 Å². The predicted molar refractivity (Wildman–Crippen MR) is 109 cm³/mol. The van der Waals surface area contributed by atoms with Crippen LogP contribution in [0.4, 0.5) is 11.5 Å². The van der Waals surface area contributed by atoms with E-state index in [0.717, 1.165) is 0 Å². The van der Waals surface area contributed by atoms with E-state index in [1.165, 1.54) is 30.3 Å². The highest BCUT2D eigenvalue weighted by Crippen LogP contribution is 2.24. The van der Waals surface area contributed by atoms with E-state index < -0.39 is 22.0 Å². The van der Waals surface area contributed by atoms with Crippen molar-refractivity contribution in [1.82, 2.24) is 5.16 Å². The molecule has 8 nitrogen and oxygen atoms in total. The molecule has 0 saturated heterocycles. The summed E-state index contributed by atoms with van der Waals surface area (Å²) < 4.78 is 37.5. The van der Waals surface area contributed by atoms with Crippen LogP contribution in [-0.2, 0) is 14.8 Å². The summed E-state index contributed by atoms with van der Waals surface area (Å²) in [7, 11) is -3.83. The number of halogens is 1. The minimum absolute atomic E-state index is 0.0107. The standard InChI is InChI=1S/C19H18ClN3O5S/c1-12-11-18(22-28-12)23-29(25,26)15-9-7-14(8-10-15)21-19(24)13(2)27-17-6-4-3-5-16(17)20/h3-11,13H,1-2H3,(H,21,24)(H,22,23)/t13-/m0/s1. The van der Waals surface area contributed by atoms with Gasteiger partial charge < -0.3 is 14.6 Å². The van der Waals surface area contributed by atoms with Crippen molar-refractivity contribution in [3.8, 4) is 5.75 Å². The van der Waals surface area contributed by atoms with Gasteiger partial charge in [0.15, 0.2) is 11.9 Å². The lowest BCUT2D eigenvalue weighted by atomic mass is 10.3. The molecular formula is C19H18ClN3O5S. The second-order valence-electron chi connectivity index (χ2n) is 6.13. The molecule has 0 fully saturated rings. The number of benzene rings is 2. The summed E-state index contributed by atoms with van der Waals surface area (Å²) in [5.41, 5.74) is 0.417. The topological polar surface area (TPSA) is 111 Å². The van der Waals surface area contributed by atoms with E-state index in [9.17, 15) is 13.2 Å². The van der Waals surface area contributed by atoms with Crippen molar-refractivity contribution in [3.63, 3.8) is 0 Å². The lowest BCUT2D eigenvalue weighted by Crippen LogP contribution is -2.30. The van der Waals surface area contributed by atoms with Crippen LogP contribution in [-0.4, -0.2) is 25.6 Å². The Labute approximate surface area is 172 Å². The minimum atomic E-state index is -3.83. The number of hydrogen-bond donors (Lipinski definition) is 2. The number of carbonyl (C=O) groups is 1. The second-order valence-corrected chi connectivity index (χ2v) is 8.22. The van der Waals surface area contributed by atoms with Crippen LogP contribution in [0.3, 0.4) is 0 Å². The molecule has 152 valence electrons. The van der Waals surface area contributed by atoms with Gasteiger partial charge in [-0.25, -0.2) is 8.42 Å². The number of sulfonamides is 1. The fraction of sp³-hybridized carbons (Fsp3) is 0.158. The number of carbonyl (C=O) groups excluding carboxylic acids is 1. The SMILES string of the molecule is Cc1cc(NS(=O)(=O)c2ccc(NC(=O)[C@H](C)Oc3ccccc3Cl)cc2)no1. The Hall–Kier alpha value is -3.04. The Morgan fingerprint density at radius 1 is 1.17 bits per heavy atom. The maximum atomic E-state index is 12.4. The van der Waals surface area contributed by atoms with Crippen molar-refractivity contribution < 1.29 is 22.5 Å². The highest BCUT2D eigenvalue weighted by Gasteiger charge is 2.18. The fourth-order valence-corrected chi connectivity index (χ4v) is 3.52. The number of aryl methyl sites for hydroxylation is 1. The van der Waals surface area contributed by atoms with Gasteiger partial charge in [0, 0.05) is 11.8 Å². The molecular weight excluding hydrogens is 418 g/mol. The molecule has 0 aliphatic carbocycles. The van der Waals surface area contributed by atoms with Crippen molar-refractivity contribution in [1.29, 1.82) is 0 Å². The Bertz CT molecular complexity index is 1110. The number of anilines is 2. The number of rotatable bonds is 7. The molecule has 0 unspecified atom stereocenters. The van der Waals surface area contributed by atoms with Crippen LogP contribution >= 0.6 is 11.6 Å². The third-order valence-electron chi connectivity index (χ3n) is 3.81. The molecule has 0 saturated carbocycles. The lowest BCUT2D eigenvalue weighted by Gasteiger charge is -2.15. The van der Waals surface area contributed by atoms with Crippen molar-refractivity contribution >= 4 is 39.0 Å². The number of nitrogens with zero attached hydrogens (tertiary/aromatic N) is 1. The minimum Gasteiger partial charge on any atom is -0.479 e. The number of para-hydroxylation sites is 1. The summed E-state index contributed by atoms with van der Waals surface area (Å²) in [5, 5.41) is 6.66. The Morgan fingerprint density at radius 2 is 1.86 bits per heavy atom. The maximum absolute atomic E-state index is 12.4. The monoisotopic (exact) mass is 435 g/mol. The van der Waals surface area contributed by atoms with Crippen molar-refractivity contribution in [2.75, 3.05) is 10.0 Å². The zero-order valence-corrected chi connectivity index (χ0v) is 17.1. The molecule has 0 radical (unpaired) electrons. The molecule has 0 aliphatic rings. The lowest BCUT2D eigenvalue weighted by molar-refractivity contribution is -0.122. The molecule has 1 atom stereocenters. The van der Waals surface area contributed by atoms with E-state index in [2.05, 4.69) is 15.2 Å². The van der Waals surface area contributed by atoms with Gasteiger partial charge in [0.2, 0.25) is 0 Å². The van der Waals surface area contributed by atoms with Crippen LogP contribution in [0.1, 0.15) is 12.7 Å². The quantitative estimate of drug-likeness (QED) is 0.583. The van der Waals surface area contributed by atoms with Gasteiger partial charge >= 0.3 is 0 Å². The Kier molecular flexibility index (Phi) is 6.09. The zero-order valence-electron chi connectivity index (χ0n) is 15.5. The average molecular weight is 436 g/mol. The van der Waals surface area contributed by atoms with Crippen LogP contribution in [0.15, 0.2) is 64.0 Å². The first-order valence-corrected chi connectivity index (χ1v) is 10.4. The molecule has 2 N–H and O–H groups in total. The van der Waals surface area contributed by atoms with Crippen LogP contribution in [0, 0.1) is 6.92 Å². The molecule has 2 aromatic carbocycles.